The number of nitrogens with two attached hydrogens (primary N) is 1. The summed E-state index contributed by atoms with van der Waals surface area (Å²) in [5, 5.41) is 0.667. The summed E-state index contributed by atoms with van der Waals surface area (Å²) in [7, 11) is 0. The molecule has 0 aliphatic carbocycles. The van der Waals surface area contributed by atoms with Crippen LogP contribution in [-0.4, -0.2) is 29.3 Å². The first kappa shape index (κ1) is 15.6. The number of carbonyl (C=O) groups excluding carboxylic acids is 2. The highest BCUT2D eigenvalue weighted by Gasteiger charge is 2.33. The lowest BCUT2D eigenvalue weighted by molar-refractivity contribution is -0.121. The van der Waals surface area contributed by atoms with Crippen molar-refractivity contribution in [3.05, 3.63) is 59.1 Å². The van der Waals surface area contributed by atoms with E-state index in [0.29, 0.717) is 23.6 Å². The maximum atomic E-state index is 12.6. The predicted molar refractivity (Wildman–Crippen MR) is 90.1 cm³/mol. The summed E-state index contributed by atoms with van der Waals surface area (Å²) >= 11 is 6.19. The van der Waals surface area contributed by atoms with E-state index in [-0.39, 0.29) is 5.91 Å². The van der Waals surface area contributed by atoms with E-state index in [1.54, 1.807) is 17.0 Å². The SMILES string of the molecule is NC(=O)C1CCCN1C(=O)c1ccc(-c2ccccc2Cl)cc1. The van der Waals surface area contributed by atoms with Crippen LogP contribution in [0.5, 0.6) is 0 Å². The number of hydrogen-bond donors (Lipinski definition) is 1. The Morgan fingerprint density at radius 2 is 1.78 bits per heavy atom. The maximum absolute atomic E-state index is 12.6. The fraction of sp³-hybridized carbons (Fsp3) is 0.222. The second-order valence-electron chi connectivity index (χ2n) is 5.62. The van der Waals surface area contributed by atoms with Gasteiger partial charge in [0.1, 0.15) is 6.04 Å². The monoisotopic (exact) mass is 328 g/mol. The van der Waals surface area contributed by atoms with E-state index in [2.05, 4.69) is 0 Å². The van der Waals surface area contributed by atoms with Crippen molar-refractivity contribution in [2.45, 2.75) is 18.9 Å². The molecule has 2 aromatic rings. The van der Waals surface area contributed by atoms with E-state index in [1.807, 2.05) is 36.4 Å². The van der Waals surface area contributed by atoms with Gasteiger partial charge in [0, 0.05) is 22.7 Å². The highest BCUT2D eigenvalue weighted by Crippen LogP contribution is 2.28. The number of primary amides is 1. The molecule has 1 aliphatic rings. The molecule has 23 heavy (non-hydrogen) atoms. The first-order valence-electron chi connectivity index (χ1n) is 7.53. The van der Waals surface area contributed by atoms with Gasteiger partial charge >= 0.3 is 0 Å². The highest BCUT2D eigenvalue weighted by molar-refractivity contribution is 6.33. The molecule has 1 unspecified atom stereocenters. The smallest absolute Gasteiger partial charge is 0.254 e. The summed E-state index contributed by atoms with van der Waals surface area (Å²) in [4.78, 5) is 25.6. The molecule has 2 N–H and O–H groups in total. The van der Waals surface area contributed by atoms with Crippen LogP contribution >= 0.6 is 11.6 Å². The molecule has 4 nitrogen and oxygen atoms in total. The van der Waals surface area contributed by atoms with Crippen molar-refractivity contribution in [2.75, 3.05) is 6.54 Å². The van der Waals surface area contributed by atoms with Crippen molar-refractivity contribution in [2.24, 2.45) is 5.73 Å². The summed E-state index contributed by atoms with van der Waals surface area (Å²) in [5.41, 5.74) is 7.79. The van der Waals surface area contributed by atoms with Gasteiger partial charge in [0.25, 0.3) is 5.91 Å². The Morgan fingerprint density at radius 1 is 1.09 bits per heavy atom. The normalized spacial score (nSPS) is 17.3. The zero-order valence-corrected chi connectivity index (χ0v) is 13.3. The van der Waals surface area contributed by atoms with Gasteiger partial charge in [-0.2, -0.15) is 0 Å². The lowest BCUT2D eigenvalue weighted by Gasteiger charge is -2.22. The molecule has 0 saturated carbocycles. The standard InChI is InChI=1S/C18H17ClN2O2/c19-15-5-2-1-4-14(15)12-7-9-13(10-8-12)18(23)21-11-3-6-16(21)17(20)22/h1-2,4-5,7-10,16H,3,6,11H2,(H2,20,22). The van der Waals surface area contributed by atoms with E-state index < -0.39 is 11.9 Å². The molecule has 1 heterocycles. The average molecular weight is 329 g/mol. The van der Waals surface area contributed by atoms with Crippen LogP contribution in [0, 0.1) is 0 Å². The number of carbonyl (C=O) groups is 2. The van der Waals surface area contributed by atoms with Crippen LogP contribution in [0.4, 0.5) is 0 Å². The number of halogens is 1. The van der Waals surface area contributed by atoms with Crippen molar-refractivity contribution in [1.82, 2.24) is 4.90 Å². The Morgan fingerprint density at radius 3 is 2.43 bits per heavy atom. The number of benzene rings is 2. The van der Waals surface area contributed by atoms with Gasteiger partial charge in [-0.05, 0) is 36.6 Å². The fourth-order valence-electron chi connectivity index (χ4n) is 2.96. The molecule has 0 bridgehead atoms. The van der Waals surface area contributed by atoms with E-state index in [1.165, 1.54) is 0 Å². The van der Waals surface area contributed by atoms with Gasteiger partial charge in [-0.1, -0.05) is 41.9 Å². The lowest BCUT2D eigenvalue weighted by Crippen LogP contribution is -2.43. The van der Waals surface area contributed by atoms with Crippen LogP contribution < -0.4 is 5.73 Å². The Kier molecular flexibility index (Phi) is 4.35. The number of rotatable bonds is 3. The molecule has 2 amide bonds. The van der Waals surface area contributed by atoms with E-state index >= 15 is 0 Å². The van der Waals surface area contributed by atoms with Gasteiger partial charge in [-0.3, -0.25) is 9.59 Å². The van der Waals surface area contributed by atoms with Crippen LogP contribution in [-0.2, 0) is 4.79 Å². The summed E-state index contributed by atoms with van der Waals surface area (Å²) in [6, 6.07) is 14.3. The summed E-state index contributed by atoms with van der Waals surface area (Å²) < 4.78 is 0. The number of hydrogen-bond acceptors (Lipinski definition) is 2. The molecule has 3 rings (SSSR count). The molecule has 2 aromatic carbocycles. The van der Waals surface area contributed by atoms with Gasteiger partial charge < -0.3 is 10.6 Å². The molecule has 1 atom stereocenters. The Hall–Kier alpha value is -2.33. The third-order valence-electron chi connectivity index (χ3n) is 4.16. The predicted octanol–water partition coefficient (Wildman–Crippen LogP) is 3.10. The van der Waals surface area contributed by atoms with Crippen molar-refractivity contribution in [3.63, 3.8) is 0 Å². The molecule has 0 aromatic heterocycles. The molecule has 1 saturated heterocycles. The van der Waals surface area contributed by atoms with Gasteiger partial charge in [0.05, 0.1) is 0 Å². The third kappa shape index (κ3) is 3.08. The lowest BCUT2D eigenvalue weighted by atomic mass is 10.0. The Labute approximate surface area is 139 Å². The molecular formula is C18H17ClN2O2. The quantitative estimate of drug-likeness (QED) is 0.941. The van der Waals surface area contributed by atoms with Gasteiger partial charge in [0.15, 0.2) is 0 Å². The first-order chi connectivity index (χ1) is 11.1. The second kappa shape index (κ2) is 6.42. The number of amides is 2. The fourth-order valence-corrected chi connectivity index (χ4v) is 3.20. The minimum atomic E-state index is -0.495. The van der Waals surface area contributed by atoms with Crippen molar-refractivity contribution >= 4 is 23.4 Å². The Bertz CT molecular complexity index is 743. The molecular weight excluding hydrogens is 312 g/mol. The van der Waals surface area contributed by atoms with E-state index in [9.17, 15) is 9.59 Å². The molecule has 1 fully saturated rings. The van der Waals surface area contributed by atoms with Gasteiger partial charge in [0.2, 0.25) is 5.91 Å². The highest BCUT2D eigenvalue weighted by atomic mass is 35.5. The van der Waals surface area contributed by atoms with Crippen molar-refractivity contribution in [3.8, 4) is 11.1 Å². The minimum absolute atomic E-state index is 0.156. The Balaban J connectivity index is 1.84. The van der Waals surface area contributed by atoms with E-state index in [4.69, 9.17) is 17.3 Å². The van der Waals surface area contributed by atoms with Crippen LogP contribution in [0.1, 0.15) is 23.2 Å². The summed E-state index contributed by atoms with van der Waals surface area (Å²) in [6.45, 7) is 0.568. The van der Waals surface area contributed by atoms with Crippen molar-refractivity contribution < 1.29 is 9.59 Å². The maximum Gasteiger partial charge on any atom is 0.254 e. The third-order valence-corrected chi connectivity index (χ3v) is 4.49. The van der Waals surface area contributed by atoms with Crippen LogP contribution in [0.15, 0.2) is 48.5 Å². The number of likely N-dealkylation sites (tertiary alicyclic amines) is 1. The average Bonchev–Trinajstić information content (AvgIpc) is 3.05. The minimum Gasteiger partial charge on any atom is -0.368 e. The zero-order valence-electron chi connectivity index (χ0n) is 12.5. The topological polar surface area (TPSA) is 63.4 Å². The largest absolute Gasteiger partial charge is 0.368 e. The summed E-state index contributed by atoms with van der Waals surface area (Å²) in [5.74, 6) is -0.597. The van der Waals surface area contributed by atoms with Gasteiger partial charge in [-0.25, -0.2) is 0 Å². The van der Waals surface area contributed by atoms with Crippen LogP contribution in [0.25, 0.3) is 11.1 Å². The summed E-state index contributed by atoms with van der Waals surface area (Å²) in [6.07, 6.45) is 1.44. The molecule has 1 aliphatic heterocycles. The molecule has 5 heteroatoms. The number of nitrogens with zero attached hydrogens (tertiary/aromatic N) is 1. The van der Waals surface area contributed by atoms with Crippen LogP contribution in [0.2, 0.25) is 5.02 Å². The molecule has 0 radical (unpaired) electrons. The molecule has 118 valence electrons. The first-order valence-corrected chi connectivity index (χ1v) is 7.91. The second-order valence-corrected chi connectivity index (χ2v) is 6.02. The van der Waals surface area contributed by atoms with Crippen LogP contribution in [0.3, 0.4) is 0 Å². The molecule has 0 spiro atoms. The van der Waals surface area contributed by atoms with Gasteiger partial charge in [-0.15, -0.1) is 0 Å². The van der Waals surface area contributed by atoms with E-state index in [0.717, 1.165) is 17.5 Å². The van der Waals surface area contributed by atoms with Crippen molar-refractivity contribution in [1.29, 1.82) is 0 Å². The zero-order chi connectivity index (χ0) is 16.4.